The van der Waals surface area contributed by atoms with E-state index in [0.29, 0.717) is 5.69 Å². The van der Waals surface area contributed by atoms with Crippen molar-refractivity contribution in [3.8, 4) is 17.5 Å². The van der Waals surface area contributed by atoms with Gasteiger partial charge in [0.25, 0.3) is 5.91 Å². The van der Waals surface area contributed by atoms with Crippen molar-refractivity contribution in [2.75, 3.05) is 12.4 Å². The van der Waals surface area contributed by atoms with E-state index in [1.165, 1.54) is 0 Å². The summed E-state index contributed by atoms with van der Waals surface area (Å²) >= 11 is 0. The van der Waals surface area contributed by atoms with Crippen LogP contribution in [0.2, 0.25) is 0 Å². The van der Waals surface area contributed by atoms with Crippen molar-refractivity contribution in [1.82, 2.24) is 4.57 Å². The second-order valence-electron chi connectivity index (χ2n) is 6.42. The molecule has 3 aromatic rings. The lowest BCUT2D eigenvalue weighted by Crippen LogP contribution is -2.14. The lowest BCUT2D eigenvalue weighted by atomic mass is 10.1. The highest BCUT2D eigenvalue weighted by molar-refractivity contribution is 6.10. The Balaban J connectivity index is 1.80. The summed E-state index contributed by atoms with van der Waals surface area (Å²) in [6.07, 6.45) is 5.33. The van der Waals surface area contributed by atoms with E-state index in [-0.39, 0.29) is 5.57 Å². The van der Waals surface area contributed by atoms with Gasteiger partial charge in [0, 0.05) is 23.8 Å². The van der Waals surface area contributed by atoms with Crippen LogP contribution in [0.5, 0.6) is 5.75 Å². The van der Waals surface area contributed by atoms with Crippen LogP contribution < -0.4 is 10.1 Å². The topological polar surface area (TPSA) is 67.0 Å². The quantitative estimate of drug-likeness (QED) is 0.524. The van der Waals surface area contributed by atoms with Gasteiger partial charge in [-0.3, -0.25) is 4.79 Å². The summed E-state index contributed by atoms with van der Waals surface area (Å²) in [6.45, 7) is 3.92. The number of hydrogen-bond donors (Lipinski definition) is 1. The molecule has 0 radical (unpaired) electrons. The molecule has 0 aliphatic carbocycles. The van der Waals surface area contributed by atoms with Crippen molar-refractivity contribution in [2.24, 2.45) is 0 Å². The zero-order valence-electron chi connectivity index (χ0n) is 16.1. The van der Waals surface area contributed by atoms with Gasteiger partial charge in [-0.2, -0.15) is 5.26 Å². The molecule has 1 heterocycles. The van der Waals surface area contributed by atoms with Crippen LogP contribution in [0.1, 0.15) is 16.7 Å². The molecule has 140 valence electrons. The third-order valence-electron chi connectivity index (χ3n) is 4.62. The SMILES string of the molecule is COc1ccc(-n2ccc(/C=C(\C#N)C(=O)Nc3cccc(C)c3C)c2)cc1. The van der Waals surface area contributed by atoms with Crippen molar-refractivity contribution in [3.63, 3.8) is 0 Å². The first kappa shape index (κ1) is 19.0. The number of aryl methyl sites for hydroxylation is 1. The number of ether oxygens (including phenoxy) is 1. The first-order valence-corrected chi connectivity index (χ1v) is 8.83. The van der Waals surface area contributed by atoms with Gasteiger partial charge in [-0.15, -0.1) is 0 Å². The number of nitrogens with one attached hydrogen (secondary N) is 1. The summed E-state index contributed by atoms with van der Waals surface area (Å²) in [7, 11) is 1.63. The van der Waals surface area contributed by atoms with E-state index in [9.17, 15) is 10.1 Å². The lowest BCUT2D eigenvalue weighted by molar-refractivity contribution is -0.112. The van der Waals surface area contributed by atoms with Crippen LogP contribution in [-0.4, -0.2) is 17.6 Å². The van der Waals surface area contributed by atoms with Crippen LogP contribution in [0.15, 0.2) is 66.5 Å². The van der Waals surface area contributed by atoms with Crippen molar-refractivity contribution in [1.29, 1.82) is 5.26 Å². The molecule has 0 atom stereocenters. The Labute approximate surface area is 164 Å². The molecule has 5 heteroatoms. The molecule has 0 unspecified atom stereocenters. The van der Waals surface area contributed by atoms with Crippen LogP contribution in [0.3, 0.4) is 0 Å². The van der Waals surface area contributed by atoms with Gasteiger partial charge in [0.15, 0.2) is 0 Å². The van der Waals surface area contributed by atoms with E-state index in [1.54, 1.807) is 13.2 Å². The number of benzene rings is 2. The first-order chi connectivity index (χ1) is 13.5. The fourth-order valence-corrected chi connectivity index (χ4v) is 2.80. The van der Waals surface area contributed by atoms with Gasteiger partial charge in [-0.05, 0) is 73.0 Å². The molecule has 3 rings (SSSR count). The fraction of sp³-hybridized carbons (Fsp3) is 0.130. The molecule has 1 amide bonds. The standard InChI is InChI=1S/C23H21N3O2/c1-16-5-4-6-22(17(16)2)25-23(27)19(14-24)13-18-11-12-26(15-18)20-7-9-21(28-3)10-8-20/h4-13,15H,1-3H3,(H,25,27)/b19-13+. The number of carbonyl (C=O) groups excluding carboxylic acids is 1. The zero-order valence-corrected chi connectivity index (χ0v) is 16.1. The second-order valence-corrected chi connectivity index (χ2v) is 6.42. The molecule has 1 aromatic heterocycles. The average Bonchev–Trinajstić information content (AvgIpc) is 3.18. The maximum Gasteiger partial charge on any atom is 0.266 e. The van der Waals surface area contributed by atoms with Gasteiger partial charge < -0.3 is 14.6 Å². The van der Waals surface area contributed by atoms with Crippen LogP contribution >= 0.6 is 0 Å². The Morgan fingerprint density at radius 3 is 2.57 bits per heavy atom. The van der Waals surface area contributed by atoms with Crippen molar-refractivity contribution >= 4 is 17.7 Å². The van der Waals surface area contributed by atoms with E-state index in [4.69, 9.17) is 4.74 Å². The van der Waals surface area contributed by atoms with Crippen molar-refractivity contribution in [3.05, 3.63) is 83.2 Å². The Bertz CT molecular complexity index is 1070. The third-order valence-corrected chi connectivity index (χ3v) is 4.62. The minimum absolute atomic E-state index is 0.0494. The van der Waals surface area contributed by atoms with Gasteiger partial charge in [0.05, 0.1) is 7.11 Å². The van der Waals surface area contributed by atoms with Gasteiger partial charge in [-0.1, -0.05) is 12.1 Å². The molecule has 0 aliphatic rings. The van der Waals surface area contributed by atoms with Crippen LogP contribution in [0.4, 0.5) is 5.69 Å². The zero-order chi connectivity index (χ0) is 20.1. The Morgan fingerprint density at radius 1 is 1.14 bits per heavy atom. The summed E-state index contributed by atoms with van der Waals surface area (Å²) in [5.41, 5.74) is 4.55. The minimum Gasteiger partial charge on any atom is -0.497 e. The maximum absolute atomic E-state index is 12.5. The highest BCUT2D eigenvalue weighted by Gasteiger charge is 2.12. The van der Waals surface area contributed by atoms with Crippen molar-refractivity contribution in [2.45, 2.75) is 13.8 Å². The number of methoxy groups -OCH3 is 1. The minimum atomic E-state index is -0.423. The summed E-state index contributed by atoms with van der Waals surface area (Å²) < 4.78 is 7.09. The maximum atomic E-state index is 12.5. The van der Waals surface area contributed by atoms with Gasteiger partial charge in [0.1, 0.15) is 17.4 Å². The Kier molecular flexibility index (Phi) is 5.61. The summed E-state index contributed by atoms with van der Waals surface area (Å²) in [4.78, 5) is 12.5. The average molecular weight is 371 g/mol. The molecule has 0 saturated heterocycles. The molecule has 0 bridgehead atoms. The summed E-state index contributed by atoms with van der Waals surface area (Å²) in [5.74, 6) is 0.360. The number of hydrogen-bond acceptors (Lipinski definition) is 3. The molecular formula is C23H21N3O2. The number of aromatic nitrogens is 1. The Hall–Kier alpha value is -3.78. The molecule has 0 fully saturated rings. The number of rotatable bonds is 5. The summed E-state index contributed by atoms with van der Waals surface area (Å²) in [5, 5.41) is 12.3. The number of amides is 1. The molecule has 28 heavy (non-hydrogen) atoms. The first-order valence-electron chi connectivity index (χ1n) is 8.83. The molecule has 1 N–H and O–H groups in total. The van der Waals surface area contributed by atoms with Gasteiger partial charge in [0.2, 0.25) is 0 Å². The van der Waals surface area contributed by atoms with E-state index in [0.717, 1.165) is 28.1 Å². The number of anilines is 1. The number of nitrogens with zero attached hydrogens (tertiary/aromatic N) is 2. The third kappa shape index (κ3) is 4.13. The predicted molar refractivity (Wildman–Crippen MR) is 110 cm³/mol. The lowest BCUT2D eigenvalue weighted by Gasteiger charge is -2.09. The summed E-state index contributed by atoms with van der Waals surface area (Å²) in [6, 6.07) is 17.2. The van der Waals surface area contributed by atoms with Gasteiger partial charge in [-0.25, -0.2) is 0 Å². The van der Waals surface area contributed by atoms with Gasteiger partial charge >= 0.3 is 0 Å². The molecule has 0 aliphatic heterocycles. The molecule has 0 saturated carbocycles. The normalized spacial score (nSPS) is 11.0. The Morgan fingerprint density at radius 2 is 1.89 bits per heavy atom. The second kappa shape index (κ2) is 8.28. The molecular weight excluding hydrogens is 350 g/mol. The van der Waals surface area contributed by atoms with Crippen LogP contribution in [0.25, 0.3) is 11.8 Å². The highest BCUT2D eigenvalue weighted by atomic mass is 16.5. The number of nitriles is 1. The largest absolute Gasteiger partial charge is 0.497 e. The van der Waals surface area contributed by atoms with Crippen molar-refractivity contribution < 1.29 is 9.53 Å². The van der Waals surface area contributed by atoms with E-state index < -0.39 is 5.91 Å². The smallest absolute Gasteiger partial charge is 0.266 e. The van der Waals surface area contributed by atoms with E-state index >= 15 is 0 Å². The molecule has 0 spiro atoms. The van der Waals surface area contributed by atoms with Crippen LogP contribution in [0, 0.1) is 25.2 Å². The monoisotopic (exact) mass is 371 g/mol. The van der Waals surface area contributed by atoms with Crippen LogP contribution in [-0.2, 0) is 4.79 Å². The molecule has 5 nitrogen and oxygen atoms in total. The fourth-order valence-electron chi connectivity index (χ4n) is 2.80. The number of carbonyl (C=O) groups is 1. The highest BCUT2D eigenvalue weighted by Crippen LogP contribution is 2.20. The predicted octanol–water partition coefficient (Wildman–Crippen LogP) is 4.65. The van der Waals surface area contributed by atoms with E-state index in [1.807, 2.05) is 85.4 Å². The molecule has 2 aromatic carbocycles. The van der Waals surface area contributed by atoms with E-state index in [2.05, 4.69) is 5.32 Å².